The van der Waals surface area contributed by atoms with Crippen molar-refractivity contribution in [3.8, 4) is 0 Å². The summed E-state index contributed by atoms with van der Waals surface area (Å²) in [7, 11) is 0. The van der Waals surface area contributed by atoms with E-state index in [0.29, 0.717) is 6.04 Å². The van der Waals surface area contributed by atoms with Gasteiger partial charge >= 0.3 is 0 Å². The molecule has 0 aromatic heterocycles. The first-order valence-electron chi connectivity index (χ1n) is 4.30. The van der Waals surface area contributed by atoms with Crippen LogP contribution in [0.2, 0.25) is 0 Å². The Morgan fingerprint density at radius 1 is 1.58 bits per heavy atom. The molecule has 1 aliphatic heterocycles. The van der Waals surface area contributed by atoms with Crippen LogP contribution in [0.4, 0.5) is 0 Å². The molecular formula is C8H18N2O2. The van der Waals surface area contributed by atoms with Gasteiger partial charge in [-0.25, -0.2) is 0 Å². The molecular weight excluding hydrogens is 156 g/mol. The number of nitrogens with two attached hydrogens (primary N) is 1. The van der Waals surface area contributed by atoms with Crippen LogP contribution in [-0.2, 0) is 4.79 Å². The molecule has 72 valence electrons. The van der Waals surface area contributed by atoms with Gasteiger partial charge in [0.25, 0.3) is 6.47 Å². The Kier molecular flexibility index (Phi) is 6.70. The molecule has 3 N–H and O–H groups in total. The third-order valence-corrected chi connectivity index (χ3v) is 2.08. The van der Waals surface area contributed by atoms with Gasteiger partial charge in [0.05, 0.1) is 0 Å². The molecule has 1 aliphatic rings. The second kappa shape index (κ2) is 7.06. The Labute approximate surface area is 73.3 Å². The fourth-order valence-electron chi connectivity index (χ4n) is 1.27. The lowest BCUT2D eigenvalue weighted by molar-refractivity contribution is -0.122. The lowest BCUT2D eigenvalue weighted by Gasteiger charge is -2.28. The maximum absolute atomic E-state index is 8.36. The summed E-state index contributed by atoms with van der Waals surface area (Å²) < 4.78 is 0. The van der Waals surface area contributed by atoms with Crippen LogP contribution in [-0.4, -0.2) is 42.2 Å². The SMILES string of the molecule is CCN1CCC(N)CC1.O=CO. The Bertz CT molecular complexity index is 112. The van der Waals surface area contributed by atoms with E-state index in [0.717, 1.165) is 0 Å². The zero-order valence-electron chi connectivity index (χ0n) is 7.57. The smallest absolute Gasteiger partial charge is 0.290 e. The molecule has 4 nitrogen and oxygen atoms in total. The highest BCUT2D eigenvalue weighted by Gasteiger charge is 2.13. The molecule has 0 spiro atoms. The minimum Gasteiger partial charge on any atom is -0.483 e. The van der Waals surface area contributed by atoms with Crippen LogP contribution in [0.1, 0.15) is 19.8 Å². The predicted molar refractivity (Wildman–Crippen MR) is 48.0 cm³/mol. The molecule has 0 amide bonds. The van der Waals surface area contributed by atoms with Crippen molar-refractivity contribution < 1.29 is 9.90 Å². The normalized spacial score (nSPS) is 19.5. The molecule has 0 saturated carbocycles. The van der Waals surface area contributed by atoms with E-state index < -0.39 is 0 Å². The fourth-order valence-corrected chi connectivity index (χ4v) is 1.27. The van der Waals surface area contributed by atoms with Crippen LogP contribution in [0.3, 0.4) is 0 Å². The fraction of sp³-hybridized carbons (Fsp3) is 0.875. The average molecular weight is 174 g/mol. The van der Waals surface area contributed by atoms with E-state index in [4.69, 9.17) is 15.6 Å². The average Bonchev–Trinajstić information content (AvgIpc) is 2.07. The molecule has 0 unspecified atom stereocenters. The largest absolute Gasteiger partial charge is 0.483 e. The van der Waals surface area contributed by atoms with Crippen LogP contribution >= 0.6 is 0 Å². The van der Waals surface area contributed by atoms with Crippen molar-refractivity contribution in [3.05, 3.63) is 0 Å². The predicted octanol–water partition coefficient (Wildman–Crippen LogP) is 0.130. The maximum Gasteiger partial charge on any atom is 0.290 e. The minimum atomic E-state index is -0.250. The highest BCUT2D eigenvalue weighted by molar-refractivity contribution is 5.32. The van der Waals surface area contributed by atoms with Crippen molar-refractivity contribution in [1.82, 2.24) is 4.90 Å². The van der Waals surface area contributed by atoms with Gasteiger partial charge in [-0.3, -0.25) is 4.79 Å². The van der Waals surface area contributed by atoms with Gasteiger partial charge in [-0.05, 0) is 32.5 Å². The van der Waals surface area contributed by atoms with Gasteiger partial charge in [-0.15, -0.1) is 0 Å². The number of hydrogen-bond acceptors (Lipinski definition) is 3. The van der Waals surface area contributed by atoms with Crippen molar-refractivity contribution in [2.45, 2.75) is 25.8 Å². The lowest BCUT2D eigenvalue weighted by Crippen LogP contribution is -2.39. The maximum atomic E-state index is 8.36. The molecule has 1 rings (SSSR count). The lowest BCUT2D eigenvalue weighted by atomic mass is 10.1. The number of likely N-dealkylation sites (tertiary alicyclic amines) is 1. The Morgan fingerprint density at radius 2 is 2.00 bits per heavy atom. The standard InChI is InChI=1S/C7H16N2.CH2O2/c1-2-9-5-3-7(8)4-6-9;2-1-3/h7H,2-6,8H2,1H3;1H,(H,2,3). The molecule has 0 atom stereocenters. The van der Waals surface area contributed by atoms with Crippen LogP contribution in [0.15, 0.2) is 0 Å². The molecule has 1 fully saturated rings. The number of hydrogen-bond donors (Lipinski definition) is 2. The van der Waals surface area contributed by atoms with E-state index in [1.54, 1.807) is 0 Å². The van der Waals surface area contributed by atoms with Gasteiger partial charge in [0.2, 0.25) is 0 Å². The van der Waals surface area contributed by atoms with E-state index in [-0.39, 0.29) is 6.47 Å². The molecule has 0 radical (unpaired) electrons. The summed E-state index contributed by atoms with van der Waals surface area (Å²) >= 11 is 0. The molecule has 0 aliphatic carbocycles. The Balaban J connectivity index is 0.000000354. The number of piperidine rings is 1. The van der Waals surface area contributed by atoms with Crippen molar-refractivity contribution in [2.24, 2.45) is 5.73 Å². The van der Waals surface area contributed by atoms with Crippen LogP contribution < -0.4 is 5.73 Å². The number of rotatable bonds is 1. The molecule has 4 heteroatoms. The quantitative estimate of drug-likeness (QED) is 0.554. The molecule has 1 saturated heterocycles. The Hall–Kier alpha value is -0.610. The van der Waals surface area contributed by atoms with Crippen LogP contribution in [0, 0.1) is 0 Å². The van der Waals surface area contributed by atoms with Gasteiger partial charge < -0.3 is 15.7 Å². The second-order valence-corrected chi connectivity index (χ2v) is 2.88. The molecule has 1 heterocycles. The first-order chi connectivity index (χ1) is 5.74. The summed E-state index contributed by atoms with van der Waals surface area (Å²) in [6, 6.07) is 0.479. The van der Waals surface area contributed by atoms with Crippen molar-refractivity contribution in [1.29, 1.82) is 0 Å². The van der Waals surface area contributed by atoms with Crippen LogP contribution in [0.5, 0.6) is 0 Å². The molecule has 12 heavy (non-hydrogen) atoms. The first-order valence-corrected chi connectivity index (χ1v) is 4.30. The first kappa shape index (κ1) is 11.4. The zero-order valence-corrected chi connectivity index (χ0v) is 7.57. The number of carbonyl (C=O) groups is 1. The van der Waals surface area contributed by atoms with Crippen molar-refractivity contribution >= 4 is 6.47 Å². The summed E-state index contributed by atoms with van der Waals surface area (Å²) in [4.78, 5) is 10.8. The summed E-state index contributed by atoms with van der Waals surface area (Å²) in [5, 5.41) is 6.89. The number of nitrogens with zero attached hydrogens (tertiary/aromatic N) is 1. The summed E-state index contributed by atoms with van der Waals surface area (Å²) in [5.74, 6) is 0. The second-order valence-electron chi connectivity index (χ2n) is 2.88. The van der Waals surface area contributed by atoms with Gasteiger partial charge in [-0.2, -0.15) is 0 Å². The summed E-state index contributed by atoms with van der Waals surface area (Å²) in [5.41, 5.74) is 5.72. The van der Waals surface area contributed by atoms with Crippen LogP contribution in [0.25, 0.3) is 0 Å². The minimum absolute atomic E-state index is 0.250. The van der Waals surface area contributed by atoms with Gasteiger partial charge in [0.15, 0.2) is 0 Å². The summed E-state index contributed by atoms with van der Waals surface area (Å²) in [6.45, 7) is 5.55. The zero-order chi connectivity index (χ0) is 9.40. The van der Waals surface area contributed by atoms with E-state index in [9.17, 15) is 0 Å². The van der Waals surface area contributed by atoms with Crippen molar-refractivity contribution in [2.75, 3.05) is 19.6 Å². The van der Waals surface area contributed by atoms with Crippen molar-refractivity contribution in [3.63, 3.8) is 0 Å². The molecule has 0 aromatic rings. The van der Waals surface area contributed by atoms with E-state index in [1.165, 1.54) is 32.5 Å². The van der Waals surface area contributed by atoms with Gasteiger partial charge in [0.1, 0.15) is 0 Å². The van der Waals surface area contributed by atoms with E-state index in [1.807, 2.05) is 0 Å². The van der Waals surface area contributed by atoms with Gasteiger partial charge in [0, 0.05) is 6.04 Å². The third-order valence-electron chi connectivity index (χ3n) is 2.08. The summed E-state index contributed by atoms with van der Waals surface area (Å²) in [6.07, 6.45) is 2.38. The molecule has 0 bridgehead atoms. The van der Waals surface area contributed by atoms with Gasteiger partial charge in [-0.1, -0.05) is 6.92 Å². The third kappa shape index (κ3) is 5.09. The monoisotopic (exact) mass is 174 g/mol. The molecule has 0 aromatic carbocycles. The highest BCUT2D eigenvalue weighted by atomic mass is 16.3. The number of carboxylic acid groups (broad SMARTS) is 1. The Morgan fingerprint density at radius 3 is 2.33 bits per heavy atom. The highest BCUT2D eigenvalue weighted by Crippen LogP contribution is 2.06. The van der Waals surface area contributed by atoms with E-state index >= 15 is 0 Å². The van der Waals surface area contributed by atoms with E-state index in [2.05, 4.69) is 11.8 Å². The topological polar surface area (TPSA) is 66.6 Å².